The number of aliphatic hydroxyl groups excluding tert-OH is 1. The van der Waals surface area contributed by atoms with Crippen LogP contribution < -0.4 is 5.32 Å². The Hall–Kier alpha value is -1.23. The van der Waals surface area contributed by atoms with Crippen LogP contribution in [0, 0.1) is 5.92 Å². The molecule has 1 aromatic carbocycles. The van der Waals surface area contributed by atoms with E-state index >= 15 is 0 Å². The molecule has 2 rings (SSSR count). The molecule has 0 radical (unpaired) electrons. The minimum Gasteiger partial charge on any atom is -0.389 e. The number of nitrogens with one attached hydrogen (secondary N) is 1. The van der Waals surface area contributed by atoms with Crippen LogP contribution in [0.5, 0.6) is 0 Å². The first-order chi connectivity index (χ1) is 9.20. The summed E-state index contributed by atoms with van der Waals surface area (Å²) in [6.07, 6.45) is 0. The lowest BCUT2D eigenvalue weighted by Crippen LogP contribution is -2.19. The SMILES string of the molecule is CC(C)CNCc1nc(CO)sc1-c1ccccc1. The molecule has 0 spiro atoms. The summed E-state index contributed by atoms with van der Waals surface area (Å²) in [7, 11) is 0. The van der Waals surface area contributed by atoms with Gasteiger partial charge in [0.15, 0.2) is 0 Å². The third-order valence-electron chi connectivity index (χ3n) is 2.76. The van der Waals surface area contributed by atoms with E-state index in [1.165, 1.54) is 5.56 Å². The van der Waals surface area contributed by atoms with Gasteiger partial charge in [0, 0.05) is 6.54 Å². The number of hydrogen-bond acceptors (Lipinski definition) is 4. The maximum absolute atomic E-state index is 9.26. The van der Waals surface area contributed by atoms with Crippen LogP contribution in [0.2, 0.25) is 0 Å². The summed E-state index contributed by atoms with van der Waals surface area (Å²) in [5.74, 6) is 0.621. The van der Waals surface area contributed by atoms with Crippen molar-refractivity contribution >= 4 is 11.3 Å². The predicted molar refractivity (Wildman–Crippen MR) is 80.0 cm³/mol. The van der Waals surface area contributed by atoms with E-state index in [0.29, 0.717) is 5.92 Å². The molecule has 2 N–H and O–H groups in total. The van der Waals surface area contributed by atoms with Gasteiger partial charge < -0.3 is 10.4 Å². The molecule has 102 valence electrons. The molecule has 3 nitrogen and oxygen atoms in total. The van der Waals surface area contributed by atoms with Crippen LogP contribution >= 0.6 is 11.3 Å². The zero-order chi connectivity index (χ0) is 13.7. The second kappa shape index (κ2) is 6.80. The molecule has 4 heteroatoms. The third-order valence-corrected chi connectivity index (χ3v) is 3.89. The lowest BCUT2D eigenvalue weighted by Gasteiger charge is -2.07. The Morgan fingerprint density at radius 1 is 1.26 bits per heavy atom. The van der Waals surface area contributed by atoms with Crippen LogP contribution in [0.4, 0.5) is 0 Å². The normalized spacial score (nSPS) is 11.2. The molecule has 0 saturated heterocycles. The number of nitrogens with zero attached hydrogens (tertiary/aromatic N) is 1. The van der Waals surface area contributed by atoms with E-state index in [9.17, 15) is 5.11 Å². The average Bonchev–Trinajstić information content (AvgIpc) is 2.83. The third kappa shape index (κ3) is 3.86. The van der Waals surface area contributed by atoms with Crippen molar-refractivity contribution < 1.29 is 5.11 Å². The highest BCUT2D eigenvalue weighted by molar-refractivity contribution is 7.15. The number of hydrogen-bond donors (Lipinski definition) is 2. The first-order valence-electron chi connectivity index (χ1n) is 6.56. The summed E-state index contributed by atoms with van der Waals surface area (Å²) >= 11 is 1.57. The molecule has 0 fully saturated rings. The fourth-order valence-corrected chi connectivity index (χ4v) is 2.83. The van der Waals surface area contributed by atoms with Crippen LogP contribution in [-0.2, 0) is 13.2 Å². The standard InChI is InChI=1S/C15H20N2OS/c1-11(2)8-16-9-13-15(19-14(10-18)17-13)12-6-4-3-5-7-12/h3-7,11,16,18H,8-10H2,1-2H3. The number of aliphatic hydroxyl groups is 1. The fraction of sp³-hybridized carbons (Fsp3) is 0.400. The second-order valence-corrected chi connectivity index (χ2v) is 6.02. The van der Waals surface area contributed by atoms with Crippen molar-refractivity contribution in [3.05, 3.63) is 41.0 Å². The van der Waals surface area contributed by atoms with Crippen LogP contribution in [0.3, 0.4) is 0 Å². The summed E-state index contributed by atoms with van der Waals surface area (Å²) in [4.78, 5) is 5.66. The Labute approximate surface area is 118 Å². The number of aromatic nitrogens is 1. The Balaban J connectivity index is 2.19. The van der Waals surface area contributed by atoms with E-state index in [0.717, 1.165) is 28.7 Å². The van der Waals surface area contributed by atoms with Gasteiger partial charge in [-0.3, -0.25) is 0 Å². The van der Waals surface area contributed by atoms with E-state index in [4.69, 9.17) is 0 Å². The minimum atomic E-state index is 0.00861. The molecule has 0 aliphatic rings. The Kier molecular flexibility index (Phi) is 5.07. The highest BCUT2D eigenvalue weighted by atomic mass is 32.1. The van der Waals surface area contributed by atoms with Crippen molar-refractivity contribution in [3.8, 4) is 10.4 Å². The molecule has 0 unspecified atom stereocenters. The van der Waals surface area contributed by atoms with Crippen molar-refractivity contribution in [1.82, 2.24) is 10.3 Å². The van der Waals surface area contributed by atoms with Gasteiger partial charge >= 0.3 is 0 Å². The lowest BCUT2D eigenvalue weighted by atomic mass is 10.1. The summed E-state index contributed by atoms with van der Waals surface area (Å²) in [5.41, 5.74) is 2.20. The quantitative estimate of drug-likeness (QED) is 0.852. The van der Waals surface area contributed by atoms with E-state index in [1.807, 2.05) is 18.2 Å². The van der Waals surface area contributed by atoms with Crippen LogP contribution in [0.15, 0.2) is 30.3 Å². The summed E-state index contributed by atoms with van der Waals surface area (Å²) in [6.45, 7) is 6.10. The van der Waals surface area contributed by atoms with Crippen LogP contribution in [0.1, 0.15) is 24.5 Å². The Bertz CT molecular complexity index is 508. The van der Waals surface area contributed by atoms with Gasteiger partial charge in [0.1, 0.15) is 5.01 Å². The predicted octanol–water partition coefficient (Wildman–Crippen LogP) is 3.05. The van der Waals surface area contributed by atoms with E-state index in [-0.39, 0.29) is 6.61 Å². The molecule has 0 aliphatic heterocycles. The van der Waals surface area contributed by atoms with Gasteiger partial charge in [-0.25, -0.2) is 4.98 Å². The monoisotopic (exact) mass is 276 g/mol. The van der Waals surface area contributed by atoms with Gasteiger partial charge in [0.2, 0.25) is 0 Å². The molecule has 0 atom stereocenters. The van der Waals surface area contributed by atoms with E-state index in [2.05, 4.69) is 36.3 Å². The fourth-order valence-electron chi connectivity index (χ4n) is 1.88. The molecule has 0 amide bonds. The first-order valence-corrected chi connectivity index (χ1v) is 7.38. The molecule has 19 heavy (non-hydrogen) atoms. The molecule has 0 saturated carbocycles. The topological polar surface area (TPSA) is 45.2 Å². The maximum atomic E-state index is 9.26. The van der Waals surface area contributed by atoms with Gasteiger partial charge in [-0.05, 0) is 18.0 Å². The largest absolute Gasteiger partial charge is 0.389 e. The van der Waals surface area contributed by atoms with Crippen molar-refractivity contribution in [3.63, 3.8) is 0 Å². The van der Waals surface area contributed by atoms with Gasteiger partial charge in [-0.15, -0.1) is 11.3 Å². The molecule has 1 heterocycles. The second-order valence-electron chi connectivity index (χ2n) is 4.93. The smallest absolute Gasteiger partial charge is 0.119 e. The van der Waals surface area contributed by atoms with Crippen molar-refractivity contribution in [2.75, 3.05) is 6.54 Å². The van der Waals surface area contributed by atoms with Gasteiger partial charge in [0.25, 0.3) is 0 Å². The average molecular weight is 276 g/mol. The molecule has 2 aromatic rings. The van der Waals surface area contributed by atoms with Crippen molar-refractivity contribution in [2.24, 2.45) is 5.92 Å². The molecular formula is C15H20N2OS. The number of rotatable bonds is 6. The van der Waals surface area contributed by atoms with Gasteiger partial charge in [-0.2, -0.15) is 0 Å². The summed E-state index contributed by atoms with van der Waals surface area (Å²) in [6, 6.07) is 10.2. The summed E-state index contributed by atoms with van der Waals surface area (Å²) in [5, 5.41) is 13.5. The van der Waals surface area contributed by atoms with Gasteiger partial charge in [-0.1, -0.05) is 44.2 Å². The molecule has 1 aromatic heterocycles. The summed E-state index contributed by atoms with van der Waals surface area (Å²) < 4.78 is 0. The number of benzene rings is 1. The Morgan fingerprint density at radius 2 is 2.00 bits per heavy atom. The highest BCUT2D eigenvalue weighted by Crippen LogP contribution is 2.30. The lowest BCUT2D eigenvalue weighted by molar-refractivity contribution is 0.281. The Morgan fingerprint density at radius 3 is 2.63 bits per heavy atom. The van der Waals surface area contributed by atoms with E-state index in [1.54, 1.807) is 11.3 Å². The van der Waals surface area contributed by atoms with E-state index < -0.39 is 0 Å². The molecule has 0 aliphatic carbocycles. The maximum Gasteiger partial charge on any atom is 0.119 e. The zero-order valence-corrected chi connectivity index (χ0v) is 12.2. The van der Waals surface area contributed by atoms with Crippen molar-refractivity contribution in [2.45, 2.75) is 27.0 Å². The number of thiazole rings is 1. The highest BCUT2D eigenvalue weighted by Gasteiger charge is 2.12. The molecular weight excluding hydrogens is 256 g/mol. The van der Waals surface area contributed by atoms with Crippen molar-refractivity contribution in [1.29, 1.82) is 0 Å². The van der Waals surface area contributed by atoms with Crippen LogP contribution in [0.25, 0.3) is 10.4 Å². The minimum absolute atomic E-state index is 0.00861. The zero-order valence-electron chi connectivity index (χ0n) is 11.4. The first kappa shape index (κ1) is 14.2. The van der Waals surface area contributed by atoms with Gasteiger partial charge in [0.05, 0.1) is 17.2 Å². The van der Waals surface area contributed by atoms with Crippen LogP contribution in [-0.4, -0.2) is 16.6 Å². The molecule has 0 bridgehead atoms.